The zero-order valence-corrected chi connectivity index (χ0v) is 64.2. The first-order valence-electron chi connectivity index (χ1n) is 41.2. The number of ether oxygens (including phenoxy) is 8. The molecule has 0 saturated heterocycles. The fraction of sp³-hybridized carbons (Fsp3) is 0.565. The fourth-order valence-electron chi connectivity index (χ4n) is 14.5. The molecule has 0 radical (unpaired) electrons. The second-order valence-corrected chi connectivity index (χ2v) is 29.1. The Bertz CT molecular complexity index is 3670. The number of carbonyl (C=O) groups is 4. The summed E-state index contributed by atoms with van der Waals surface area (Å²) in [7, 11) is 0. The topological polar surface area (TPSA) is 142 Å². The predicted octanol–water partition coefficient (Wildman–Crippen LogP) is 25.7. The van der Waals surface area contributed by atoms with Crippen LogP contribution in [0.1, 0.15) is 316 Å². The van der Waals surface area contributed by atoms with Gasteiger partial charge in [-0.3, -0.25) is 9.59 Å². The first-order chi connectivity index (χ1) is 51.2. The van der Waals surface area contributed by atoms with Gasteiger partial charge in [0, 0.05) is 48.8 Å². The number of allylic oxidation sites excluding steroid dienone is 2. The molecule has 1 aliphatic carbocycles. The molecule has 0 bridgehead atoms. The molecule has 0 spiro atoms. The van der Waals surface area contributed by atoms with Crippen molar-refractivity contribution in [3.63, 3.8) is 0 Å². The molecule has 0 N–H and O–H groups in total. The molecule has 0 atom stereocenters. The van der Waals surface area contributed by atoms with Gasteiger partial charge in [-0.25, -0.2) is 9.59 Å². The van der Waals surface area contributed by atoms with Crippen molar-refractivity contribution >= 4 is 66.6 Å². The zero-order valence-electron chi connectivity index (χ0n) is 64.2. The Morgan fingerprint density at radius 1 is 0.288 bits per heavy atom. The number of hydrogen-bond acceptors (Lipinski definition) is 12. The van der Waals surface area contributed by atoms with Crippen molar-refractivity contribution in [1.82, 2.24) is 0 Å². The van der Waals surface area contributed by atoms with E-state index in [1.165, 1.54) is 186 Å². The lowest BCUT2D eigenvalue weighted by molar-refractivity contribution is -0.140. The number of hydrogen-bond donors (Lipinski definition) is 0. The molecule has 12 nitrogen and oxygen atoms in total. The van der Waals surface area contributed by atoms with Crippen LogP contribution in [-0.2, 0) is 32.3 Å². The maximum atomic E-state index is 15.2. The summed E-state index contributed by atoms with van der Waals surface area (Å²) in [5.41, 5.74) is 2.24. The normalized spacial score (nSPS) is 12.1. The summed E-state index contributed by atoms with van der Waals surface area (Å²) in [4.78, 5) is 58.8. The van der Waals surface area contributed by atoms with Crippen molar-refractivity contribution in [3.05, 3.63) is 131 Å². The highest BCUT2D eigenvalue weighted by molar-refractivity contribution is 6.38. The molecule has 7 aromatic carbocycles. The van der Waals surface area contributed by atoms with Gasteiger partial charge in [0.05, 0.1) is 45.0 Å². The minimum Gasteiger partial charge on any atom is -0.493 e. The smallest absolute Gasteiger partial charge is 0.337 e. The number of carbonyl (C=O) groups excluding carboxylic acids is 4. The van der Waals surface area contributed by atoms with Crippen molar-refractivity contribution in [2.75, 3.05) is 39.6 Å². The lowest BCUT2D eigenvalue weighted by Crippen LogP contribution is -2.17. The van der Waals surface area contributed by atoms with E-state index in [1.807, 2.05) is 78.9 Å². The SMILES string of the molecule is CCCCCCCCCCCCOc1cc2c(c3c1cc(OCCCCCCCCCCCC)c1c(OCCCCCCCCCCCC)cc4c(OCCCCCCCCCCCC)cc5c(OC(=O)COCc6ccccc6)ccc(OC(=O)COCc6ccccc6)c5c4c13)C(=O)C=CC2=O. The van der Waals surface area contributed by atoms with Gasteiger partial charge in [-0.2, -0.15) is 0 Å². The summed E-state index contributed by atoms with van der Waals surface area (Å²) in [6.45, 7) is 10.2. The fourth-order valence-corrected chi connectivity index (χ4v) is 14.5. The third-order valence-electron chi connectivity index (χ3n) is 20.4. The van der Waals surface area contributed by atoms with Crippen LogP contribution in [0.4, 0.5) is 0 Å². The van der Waals surface area contributed by atoms with Crippen LogP contribution in [0.5, 0.6) is 34.5 Å². The van der Waals surface area contributed by atoms with E-state index in [0.29, 0.717) is 92.5 Å². The second-order valence-electron chi connectivity index (χ2n) is 29.1. The van der Waals surface area contributed by atoms with Crippen LogP contribution in [0.15, 0.2) is 109 Å². The number of fused-ring (bicyclic) bond motifs is 9. The Morgan fingerprint density at radius 3 is 1.01 bits per heavy atom. The Kier molecular flexibility index (Phi) is 38.6. The van der Waals surface area contributed by atoms with Crippen LogP contribution in [0.25, 0.3) is 43.1 Å². The van der Waals surface area contributed by atoms with E-state index in [2.05, 4.69) is 27.7 Å². The molecule has 0 fully saturated rings. The largest absolute Gasteiger partial charge is 0.493 e. The van der Waals surface area contributed by atoms with Crippen molar-refractivity contribution < 1.29 is 57.1 Å². The third-order valence-corrected chi connectivity index (χ3v) is 20.4. The zero-order chi connectivity index (χ0) is 73.0. The number of rotatable bonds is 58. The van der Waals surface area contributed by atoms with Crippen molar-refractivity contribution in [3.8, 4) is 34.5 Å². The highest BCUT2D eigenvalue weighted by Crippen LogP contribution is 2.54. The van der Waals surface area contributed by atoms with Gasteiger partial charge in [0.2, 0.25) is 0 Å². The average Bonchev–Trinajstić information content (AvgIpc) is 0.698. The van der Waals surface area contributed by atoms with Gasteiger partial charge in [0.1, 0.15) is 47.7 Å². The van der Waals surface area contributed by atoms with E-state index in [4.69, 9.17) is 37.9 Å². The van der Waals surface area contributed by atoms with Gasteiger partial charge in [-0.1, -0.05) is 320 Å². The molecule has 7 aromatic rings. The van der Waals surface area contributed by atoms with Gasteiger partial charge in [0.25, 0.3) is 0 Å². The molecule has 0 heterocycles. The Balaban J connectivity index is 1.33. The molecule has 0 unspecified atom stereocenters. The molecule has 12 heteroatoms. The predicted molar refractivity (Wildman–Crippen MR) is 427 cm³/mol. The Morgan fingerprint density at radius 2 is 0.606 bits per heavy atom. The van der Waals surface area contributed by atoms with Gasteiger partial charge < -0.3 is 37.9 Å². The number of benzene rings is 7. The third kappa shape index (κ3) is 27.3. The molecule has 104 heavy (non-hydrogen) atoms. The standard InChI is InChI=1S/C92H126O12/c1-5-9-13-17-21-25-29-33-37-47-59-99-81-63-73-77(93)55-56-78(94)87(73)89-75(81)65-83(101-61-49-39-35-31-27-23-19-15-11-7-3)91-84(102-62-50-40-36-32-28-24-20-16-12-8-4)66-76-82(100-60-48-38-34-30-26-22-18-14-10-6-2)64-74-79(103-85(95)69-97-67-71-51-43-41-44-52-71)57-58-80(88(74)90(76)92(89)91)104-86(96)70-98-68-72-53-45-42-46-54-72/h41-46,51-58,63-66H,5-40,47-50,59-62,67-70H2,1-4H3. The van der Waals surface area contributed by atoms with Crippen LogP contribution in [0.2, 0.25) is 0 Å². The average molecular weight is 1420 g/mol. The second kappa shape index (κ2) is 48.8. The maximum absolute atomic E-state index is 15.2. The lowest BCUT2D eigenvalue weighted by Gasteiger charge is -2.24. The minimum absolute atomic E-state index is 0.148. The molecule has 566 valence electrons. The summed E-state index contributed by atoms with van der Waals surface area (Å²) >= 11 is 0. The van der Waals surface area contributed by atoms with Crippen LogP contribution < -0.4 is 28.4 Å². The summed E-state index contributed by atoms with van der Waals surface area (Å²) in [5, 5.41) is 4.08. The molecule has 8 rings (SSSR count). The van der Waals surface area contributed by atoms with E-state index in [-0.39, 0.29) is 60.6 Å². The van der Waals surface area contributed by atoms with Crippen molar-refractivity contribution in [2.24, 2.45) is 0 Å². The Hall–Kier alpha value is -7.28. The first kappa shape index (κ1) is 82.4. The highest BCUT2D eigenvalue weighted by atomic mass is 16.6. The summed E-state index contributed by atoms with van der Waals surface area (Å²) in [6.07, 6.45) is 49.1. The Labute approximate surface area is 623 Å². The maximum Gasteiger partial charge on any atom is 0.337 e. The highest BCUT2D eigenvalue weighted by Gasteiger charge is 2.32. The molecule has 0 aromatic heterocycles. The van der Waals surface area contributed by atoms with Crippen molar-refractivity contribution in [1.29, 1.82) is 0 Å². The van der Waals surface area contributed by atoms with E-state index in [0.717, 1.165) is 94.6 Å². The van der Waals surface area contributed by atoms with Gasteiger partial charge >= 0.3 is 11.9 Å². The molecular formula is C92H126O12. The summed E-state index contributed by atoms with van der Waals surface area (Å²) < 4.78 is 53.7. The number of esters is 2. The number of unbranched alkanes of at least 4 members (excludes halogenated alkanes) is 36. The van der Waals surface area contributed by atoms with Crippen molar-refractivity contribution in [2.45, 2.75) is 298 Å². The molecular weight excluding hydrogens is 1300 g/mol. The van der Waals surface area contributed by atoms with E-state index >= 15 is 4.79 Å². The molecule has 0 amide bonds. The summed E-state index contributed by atoms with van der Waals surface area (Å²) in [6, 6.07) is 30.3. The van der Waals surface area contributed by atoms with Gasteiger partial charge in [-0.15, -0.1) is 0 Å². The van der Waals surface area contributed by atoms with Gasteiger partial charge in [-0.05, 0) is 85.4 Å². The van der Waals surface area contributed by atoms with E-state index in [1.54, 1.807) is 18.2 Å². The quantitative estimate of drug-likeness (QED) is 0.0155. The summed E-state index contributed by atoms with van der Waals surface area (Å²) in [5.74, 6) is 0.309. The molecule has 0 aliphatic heterocycles. The first-order valence-corrected chi connectivity index (χ1v) is 41.2. The van der Waals surface area contributed by atoms with Gasteiger partial charge in [0.15, 0.2) is 11.6 Å². The van der Waals surface area contributed by atoms with Crippen LogP contribution >= 0.6 is 0 Å². The number of ketones is 2. The van der Waals surface area contributed by atoms with Crippen LogP contribution in [0, 0.1) is 0 Å². The lowest BCUT2D eigenvalue weighted by atomic mass is 9.84. The van der Waals surface area contributed by atoms with Crippen LogP contribution in [-0.4, -0.2) is 63.1 Å². The molecule has 0 saturated carbocycles. The van der Waals surface area contributed by atoms with E-state index < -0.39 is 11.9 Å². The minimum atomic E-state index is -0.659. The monoisotopic (exact) mass is 1420 g/mol. The van der Waals surface area contributed by atoms with E-state index in [9.17, 15) is 14.4 Å². The van der Waals surface area contributed by atoms with Crippen LogP contribution in [0.3, 0.4) is 0 Å². The molecule has 1 aliphatic rings.